The predicted octanol–water partition coefficient (Wildman–Crippen LogP) is 2.89. The van der Waals surface area contributed by atoms with E-state index < -0.39 is 5.97 Å². The maximum atomic E-state index is 10.9. The van der Waals surface area contributed by atoms with Gasteiger partial charge in [-0.1, -0.05) is 13.8 Å². The van der Waals surface area contributed by atoms with Gasteiger partial charge in [-0.2, -0.15) is 0 Å². The quantitative estimate of drug-likeness (QED) is 0.721. The van der Waals surface area contributed by atoms with Crippen molar-refractivity contribution < 1.29 is 9.90 Å². The fourth-order valence-corrected chi connectivity index (χ4v) is 4.35. The number of carboxylic acid groups (broad SMARTS) is 1. The van der Waals surface area contributed by atoms with Crippen molar-refractivity contribution in [3.8, 4) is 0 Å². The molecule has 0 aliphatic heterocycles. The number of hydrogen-bond donors (Lipinski definition) is 1. The summed E-state index contributed by atoms with van der Waals surface area (Å²) in [6, 6.07) is 0. The van der Waals surface area contributed by atoms with Gasteiger partial charge in [0.15, 0.2) is 0 Å². The summed E-state index contributed by atoms with van der Waals surface area (Å²) in [7, 11) is 0. The summed E-state index contributed by atoms with van der Waals surface area (Å²) >= 11 is 6.33. The predicted molar refractivity (Wildman–Crippen MR) is 55.4 cm³/mol. The van der Waals surface area contributed by atoms with Gasteiger partial charge in [-0.05, 0) is 30.6 Å². The van der Waals surface area contributed by atoms with E-state index in [1.165, 1.54) is 0 Å². The van der Waals surface area contributed by atoms with Crippen LogP contribution in [-0.4, -0.2) is 16.5 Å². The monoisotopic (exact) mass is 216 g/mol. The van der Waals surface area contributed by atoms with Crippen molar-refractivity contribution in [3.63, 3.8) is 0 Å². The molecule has 0 aromatic heterocycles. The number of fused-ring (bicyclic) bond motifs is 2. The molecule has 0 radical (unpaired) electrons. The average molecular weight is 217 g/mol. The summed E-state index contributed by atoms with van der Waals surface area (Å²) in [5, 5.41) is 9.04. The second-order valence-electron chi connectivity index (χ2n) is 5.39. The van der Waals surface area contributed by atoms with Crippen molar-refractivity contribution in [2.75, 3.05) is 0 Å². The van der Waals surface area contributed by atoms with E-state index in [0.29, 0.717) is 5.92 Å². The van der Waals surface area contributed by atoms with Gasteiger partial charge in [0, 0.05) is 10.8 Å². The lowest BCUT2D eigenvalue weighted by atomic mass is 9.67. The first kappa shape index (κ1) is 10.3. The van der Waals surface area contributed by atoms with E-state index in [1.54, 1.807) is 0 Å². The van der Waals surface area contributed by atoms with Crippen LogP contribution < -0.4 is 0 Å². The molecule has 2 aliphatic rings. The van der Waals surface area contributed by atoms with Gasteiger partial charge in [-0.15, -0.1) is 11.6 Å². The van der Waals surface area contributed by atoms with Crippen molar-refractivity contribution in [2.24, 2.45) is 16.7 Å². The second-order valence-corrected chi connectivity index (χ2v) is 5.91. The van der Waals surface area contributed by atoms with Gasteiger partial charge in [0.1, 0.15) is 0 Å². The lowest BCUT2D eigenvalue weighted by molar-refractivity contribution is -0.141. The second kappa shape index (κ2) is 2.88. The summed E-state index contributed by atoms with van der Waals surface area (Å²) in [4.78, 5) is 10.9. The Kier molecular flexibility index (Phi) is 2.11. The number of rotatable bonds is 2. The van der Waals surface area contributed by atoms with E-state index in [-0.39, 0.29) is 22.6 Å². The average Bonchev–Trinajstić information content (AvgIpc) is 2.36. The molecule has 0 unspecified atom stereocenters. The van der Waals surface area contributed by atoms with E-state index in [0.717, 1.165) is 19.3 Å². The summed E-state index contributed by atoms with van der Waals surface area (Å²) in [5.74, 6) is -0.0735. The highest BCUT2D eigenvalue weighted by atomic mass is 35.5. The van der Waals surface area contributed by atoms with E-state index in [2.05, 4.69) is 13.8 Å². The van der Waals surface area contributed by atoms with Crippen LogP contribution in [0, 0.1) is 16.7 Å². The first-order valence-electron chi connectivity index (χ1n) is 5.26. The Morgan fingerprint density at radius 1 is 1.57 bits per heavy atom. The molecule has 0 saturated heterocycles. The van der Waals surface area contributed by atoms with Crippen molar-refractivity contribution in [2.45, 2.75) is 44.9 Å². The van der Waals surface area contributed by atoms with Gasteiger partial charge in [0.25, 0.3) is 0 Å². The summed E-state index contributed by atoms with van der Waals surface area (Å²) < 4.78 is 0. The van der Waals surface area contributed by atoms with Gasteiger partial charge < -0.3 is 5.11 Å². The largest absolute Gasteiger partial charge is 0.481 e. The van der Waals surface area contributed by atoms with E-state index in [9.17, 15) is 4.79 Å². The Labute approximate surface area is 89.6 Å². The topological polar surface area (TPSA) is 37.3 Å². The molecule has 0 aromatic carbocycles. The van der Waals surface area contributed by atoms with Crippen LogP contribution >= 0.6 is 11.6 Å². The SMILES string of the molecule is CC1(C)[C@@H]2CC[C@@]1(CC(=O)O)[C@@H](Cl)C2. The maximum absolute atomic E-state index is 10.9. The van der Waals surface area contributed by atoms with Gasteiger partial charge >= 0.3 is 5.97 Å². The number of carboxylic acids is 1. The zero-order valence-electron chi connectivity index (χ0n) is 8.72. The minimum Gasteiger partial charge on any atom is -0.481 e. The first-order chi connectivity index (χ1) is 6.40. The number of carbonyl (C=O) groups is 1. The summed E-state index contributed by atoms with van der Waals surface area (Å²) in [6.07, 6.45) is 3.39. The van der Waals surface area contributed by atoms with Crippen LogP contribution in [0.5, 0.6) is 0 Å². The lowest BCUT2D eigenvalue weighted by Crippen LogP contribution is -2.38. The molecular formula is C11H17ClO2. The van der Waals surface area contributed by atoms with Crippen LogP contribution in [0.15, 0.2) is 0 Å². The molecule has 2 aliphatic carbocycles. The highest BCUT2D eigenvalue weighted by Crippen LogP contribution is 2.68. The summed E-state index contributed by atoms with van der Waals surface area (Å²) in [5.41, 5.74) is -0.0388. The minimum atomic E-state index is -0.703. The zero-order valence-corrected chi connectivity index (χ0v) is 9.47. The Hall–Kier alpha value is -0.240. The molecule has 1 N–H and O–H groups in total. The molecule has 0 spiro atoms. The van der Waals surface area contributed by atoms with Crippen molar-refractivity contribution >= 4 is 17.6 Å². The maximum Gasteiger partial charge on any atom is 0.303 e. The number of alkyl halides is 1. The van der Waals surface area contributed by atoms with Crippen molar-refractivity contribution in [1.82, 2.24) is 0 Å². The van der Waals surface area contributed by atoms with Crippen LogP contribution in [0.1, 0.15) is 39.5 Å². The fraction of sp³-hybridized carbons (Fsp3) is 0.909. The van der Waals surface area contributed by atoms with Gasteiger partial charge in [-0.3, -0.25) is 4.79 Å². The minimum absolute atomic E-state index is 0.0624. The molecule has 2 rings (SSSR count). The Morgan fingerprint density at radius 2 is 2.21 bits per heavy atom. The molecule has 2 bridgehead atoms. The fourth-order valence-electron chi connectivity index (χ4n) is 3.67. The van der Waals surface area contributed by atoms with Gasteiger partial charge in [0.05, 0.1) is 6.42 Å². The van der Waals surface area contributed by atoms with Crippen LogP contribution in [-0.2, 0) is 4.79 Å². The molecule has 2 nitrogen and oxygen atoms in total. The summed E-state index contributed by atoms with van der Waals surface area (Å²) in [6.45, 7) is 4.38. The Morgan fingerprint density at radius 3 is 2.57 bits per heavy atom. The van der Waals surface area contributed by atoms with Crippen LogP contribution in [0.2, 0.25) is 0 Å². The van der Waals surface area contributed by atoms with E-state index in [1.807, 2.05) is 0 Å². The Bertz CT molecular complexity index is 274. The van der Waals surface area contributed by atoms with Crippen LogP contribution in [0.4, 0.5) is 0 Å². The number of halogens is 1. The molecule has 80 valence electrons. The highest BCUT2D eigenvalue weighted by molar-refractivity contribution is 6.21. The van der Waals surface area contributed by atoms with Gasteiger partial charge in [-0.25, -0.2) is 0 Å². The van der Waals surface area contributed by atoms with E-state index >= 15 is 0 Å². The number of aliphatic carboxylic acids is 1. The van der Waals surface area contributed by atoms with Crippen LogP contribution in [0.3, 0.4) is 0 Å². The van der Waals surface area contributed by atoms with Crippen molar-refractivity contribution in [3.05, 3.63) is 0 Å². The standard InChI is InChI=1S/C11H17ClO2/c1-10(2)7-3-4-11(10,6-9(13)14)8(12)5-7/h7-8H,3-6H2,1-2H3,(H,13,14)/t7-,8+,11-/m1/s1. The molecule has 3 atom stereocenters. The normalized spacial score (nSPS) is 44.2. The molecule has 2 fully saturated rings. The zero-order chi connectivity index (χ0) is 10.6. The third-order valence-corrected chi connectivity index (χ3v) is 5.40. The third kappa shape index (κ3) is 1.06. The Balaban J connectivity index is 2.34. The molecule has 0 aromatic rings. The molecular weight excluding hydrogens is 200 g/mol. The molecule has 0 heterocycles. The first-order valence-corrected chi connectivity index (χ1v) is 5.70. The third-order valence-electron chi connectivity index (χ3n) is 4.80. The molecule has 2 saturated carbocycles. The molecule has 0 amide bonds. The van der Waals surface area contributed by atoms with E-state index in [4.69, 9.17) is 16.7 Å². The highest BCUT2D eigenvalue weighted by Gasteiger charge is 2.63. The lowest BCUT2D eigenvalue weighted by Gasteiger charge is -2.39. The molecule has 3 heteroatoms. The van der Waals surface area contributed by atoms with Crippen molar-refractivity contribution in [1.29, 1.82) is 0 Å². The van der Waals surface area contributed by atoms with Crippen LogP contribution in [0.25, 0.3) is 0 Å². The smallest absolute Gasteiger partial charge is 0.303 e. The van der Waals surface area contributed by atoms with Gasteiger partial charge in [0.2, 0.25) is 0 Å². The number of hydrogen-bond acceptors (Lipinski definition) is 1. The molecule has 14 heavy (non-hydrogen) atoms.